The highest BCUT2D eigenvalue weighted by atomic mass is 35.5. The van der Waals surface area contributed by atoms with Crippen LogP contribution in [0.25, 0.3) is 11.3 Å². The van der Waals surface area contributed by atoms with E-state index in [2.05, 4.69) is 15.0 Å². The Bertz CT molecular complexity index is 1090. The van der Waals surface area contributed by atoms with E-state index in [-0.39, 0.29) is 12.6 Å². The molecule has 4 rings (SSSR count). The number of allylic oxidation sites excluding steroid dienone is 1. The third-order valence-corrected chi connectivity index (χ3v) is 5.55. The lowest BCUT2D eigenvalue weighted by atomic mass is 9.99. The normalized spacial score (nSPS) is 18.0. The fourth-order valence-corrected chi connectivity index (χ4v) is 3.90. The van der Waals surface area contributed by atoms with Gasteiger partial charge < -0.3 is 15.8 Å². The largest absolute Gasteiger partial charge is 0.396 e. The van der Waals surface area contributed by atoms with Crippen molar-refractivity contribution in [1.29, 1.82) is 0 Å². The van der Waals surface area contributed by atoms with Crippen LogP contribution in [-0.2, 0) is 11.4 Å². The van der Waals surface area contributed by atoms with Gasteiger partial charge in [-0.2, -0.15) is 0 Å². The highest BCUT2D eigenvalue weighted by Crippen LogP contribution is 2.42. The first-order valence-electron chi connectivity index (χ1n) is 9.65. The standard InChI is InChI=1S/C22H21Cl2N5O/c23-15-8-6-14(7-9-15)16-10-11-22(24,29-16)20-19(17-5-3-12-26-17)18(4-1-2-13-30)27-21(25)28-20/h3,5-12,26,30H,1-2,4,13H2,(H2,25,27,28). The van der Waals surface area contributed by atoms with Crippen LogP contribution in [0.2, 0.25) is 5.02 Å². The van der Waals surface area contributed by atoms with E-state index in [1.54, 1.807) is 0 Å². The van der Waals surface area contributed by atoms with Crippen LogP contribution in [0.15, 0.2) is 59.7 Å². The number of aromatic amines is 1. The smallest absolute Gasteiger partial charge is 0.220 e. The number of aromatic nitrogens is 3. The number of hydrogen-bond donors (Lipinski definition) is 3. The quantitative estimate of drug-likeness (QED) is 0.286. The first kappa shape index (κ1) is 20.6. The molecule has 0 saturated carbocycles. The van der Waals surface area contributed by atoms with Gasteiger partial charge >= 0.3 is 0 Å². The van der Waals surface area contributed by atoms with Crippen molar-refractivity contribution >= 4 is 34.9 Å². The summed E-state index contributed by atoms with van der Waals surface area (Å²) in [6, 6.07) is 11.3. The molecule has 3 heterocycles. The van der Waals surface area contributed by atoms with E-state index in [4.69, 9.17) is 39.0 Å². The number of aliphatic hydroxyl groups is 1. The molecule has 1 unspecified atom stereocenters. The van der Waals surface area contributed by atoms with E-state index in [0.717, 1.165) is 34.6 Å². The Morgan fingerprint density at radius 1 is 1.10 bits per heavy atom. The van der Waals surface area contributed by atoms with Crippen molar-refractivity contribution in [2.75, 3.05) is 12.3 Å². The minimum Gasteiger partial charge on any atom is -0.396 e. The summed E-state index contributed by atoms with van der Waals surface area (Å²) in [5, 5.41) is 9.81. The van der Waals surface area contributed by atoms with Crippen LogP contribution in [0.1, 0.15) is 29.8 Å². The van der Waals surface area contributed by atoms with Crippen LogP contribution < -0.4 is 5.73 Å². The van der Waals surface area contributed by atoms with E-state index < -0.39 is 5.00 Å². The molecule has 1 atom stereocenters. The van der Waals surface area contributed by atoms with Crippen LogP contribution >= 0.6 is 23.2 Å². The van der Waals surface area contributed by atoms with Crippen molar-refractivity contribution in [3.05, 3.63) is 76.7 Å². The van der Waals surface area contributed by atoms with Crippen LogP contribution in [-0.4, -0.2) is 32.4 Å². The Balaban J connectivity index is 1.81. The number of aliphatic imine (C=N–C) groups is 1. The molecule has 1 aliphatic heterocycles. The number of nitrogens with zero attached hydrogens (tertiary/aromatic N) is 3. The molecule has 2 aromatic heterocycles. The number of alkyl halides is 1. The number of H-pyrrole nitrogens is 1. The highest BCUT2D eigenvalue weighted by molar-refractivity contribution is 6.31. The number of anilines is 1. The summed E-state index contributed by atoms with van der Waals surface area (Å²) in [6.45, 7) is 0.127. The van der Waals surface area contributed by atoms with E-state index in [1.807, 2.05) is 54.7 Å². The SMILES string of the molecule is Nc1nc(CCCCO)c(-c2ccc[nH]2)c(C2(Cl)C=CC(c3ccc(Cl)cc3)=N2)n1. The van der Waals surface area contributed by atoms with Crippen LogP contribution in [0.5, 0.6) is 0 Å². The van der Waals surface area contributed by atoms with Crippen LogP contribution in [0.4, 0.5) is 5.95 Å². The number of nitrogen functional groups attached to an aromatic ring is 1. The summed E-state index contributed by atoms with van der Waals surface area (Å²) in [4.78, 5) is 15.7. The van der Waals surface area contributed by atoms with E-state index in [9.17, 15) is 0 Å². The lowest BCUT2D eigenvalue weighted by Gasteiger charge is -2.21. The van der Waals surface area contributed by atoms with Gasteiger partial charge in [-0.15, -0.1) is 0 Å². The molecule has 4 N–H and O–H groups in total. The Kier molecular flexibility index (Phi) is 5.90. The fraction of sp³-hybridized carbons (Fsp3) is 0.227. The first-order chi connectivity index (χ1) is 14.5. The summed E-state index contributed by atoms with van der Waals surface area (Å²) in [5.41, 5.74) is 10.6. The Morgan fingerprint density at radius 3 is 2.60 bits per heavy atom. The monoisotopic (exact) mass is 441 g/mol. The second kappa shape index (κ2) is 8.60. The average Bonchev–Trinajstić information content (AvgIpc) is 3.39. The molecule has 0 saturated heterocycles. The summed E-state index contributed by atoms with van der Waals surface area (Å²) in [7, 11) is 0. The molecule has 1 aliphatic rings. The van der Waals surface area contributed by atoms with Gasteiger partial charge in [0.05, 0.1) is 11.4 Å². The number of aryl methyl sites for hydroxylation is 1. The van der Waals surface area contributed by atoms with Gasteiger partial charge in [0.25, 0.3) is 0 Å². The Labute approximate surface area is 184 Å². The molecule has 0 spiro atoms. The predicted molar refractivity (Wildman–Crippen MR) is 121 cm³/mol. The van der Waals surface area contributed by atoms with Gasteiger partial charge in [-0.3, -0.25) is 4.99 Å². The van der Waals surface area contributed by atoms with Crippen molar-refractivity contribution in [3.8, 4) is 11.3 Å². The zero-order valence-electron chi connectivity index (χ0n) is 16.1. The molecule has 154 valence electrons. The molecule has 0 bridgehead atoms. The Morgan fingerprint density at radius 2 is 1.90 bits per heavy atom. The summed E-state index contributed by atoms with van der Waals surface area (Å²) >= 11 is 13.0. The second-order valence-corrected chi connectivity index (χ2v) is 8.04. The zero-order valence-corrected chi connectivity index (χ0v) is 17.7. The lowest BCUT2D eigenvalue weighted by molar-refractivity contribution is 0.284. The van der Waals surface area contributed by atoms with Crippen LogP contribution in [0, 0.1) is 0 Å². The number of halogens is 2. The molecular weight excluding hydrogens is 421 g/mol. The molecule has 0 amide bonds. The molecule has 30 heavy (non-hydrogen) atoms. The number of rotatable bonds is 7. The van der Waals surface area contributed by atoms with Gasteiger partial charge in [-0.25, -0.2) is 9.97 Å². The van der Waals surface area contributed by atoms with Gasteiger partial charge in [0.2, 0.25) is 5.95 Å². The molecule has 3 aromatic rings. The molecule has 0 fully saturated rings. The topological polar surface area (TPSA) is 100 Å². The number of hydrogen-bond acceptors (Lipinski definition) is 5. The molecule has 0 radical (unpaired) electrons. The first-order valence-corrected chi connectivity index (χ1v) is 10.4. The second-order valence-electron chi connectivity index (χ2n) is 7.03. The maximum atomic E-state index is 9.16. The highest BCUT2D eigenvalue weighted by Gasteiger charge is 2.36. The Hall–Kier alpha value is -2.67. The van der Waals surface area contributed by atoms with Crippen molar-refractivity contribution in [2.45, 2.75) is 24.3 Å². The van der Waals surface area contributed by atoms with Gasteiger partial charge in [0, 0.05) is 29.1 Å². The average molecular weight is 442 g/mol. The molecule has 1 aromatic carbocycles. The third kappa shape index (κ3) is 4.12. The predicted octanol–water partition coefficient (Wildman–Crippen LogP) is 4.47. The molecule has 0 aliphatic carbocycles. The number of aliphatic hydroxyl groups excluding tert-OH is 1. The summed E-state index contributed by atoms with van der Waals surface area (Å²) in [6.07, 6.45) is 7.60. The van der Waals surface area contributed by atoms with Crippen molar-refractivity contribution in [2.24, 2.45) is 4.99 Å². The van der Waals surface area contributed by atoms with E-state index in [1.165, 1.54) is 0 Å². The van der Waals surface area contributed by atoms with Gasteiger partial charge in [-0.05, 0) is 61.2 Å². The van der Waals surface area contributed by atoms with E-state index >= 15 is 0 Å². The van der Waals surface area contributed by atoms with E-state index in [0.29, 0.717) is 23.6 Å². The number of benzene rings is 1. The van der Waals surface area contributed by atoms with Gasteiger partial charge in [-0.1, -0.05) is 35.3 Å². The van der Waals surface area contributed by atoms with Crippen molar-refractivity contribution < 1.29 is 5.11 Å². The minimum atomic E-state index is -1.21. The third-order valence-electron chi connectivity index (χ3n) is 4.91. The molecule has 6 nitrogen and oxygen atoms in total. The fourth-order valence-electron chi connectivity index (χ4n) is 3.49. The molecule has 8 heteroatoms. The van der Waals surface area contributed by atoms with Crippen LogP contribution in [0.3, 0.4) is 0 Å². The zero-order chi connectivity index (χ0) is 21.1. The van der Waals surface area contributed by atoms with Crippen molar-refractivity contribution in [3.63, 3.8) is 0 Å². The number of nitrogens with one attached hydrogen (secondary N) is 1. The number of nitrogens with two attached hydrogens (primary N) is 1. The van der Waals surface area contributed by atoms with Gasteiger partial charge in [0.1, 0.15) is 5.69 Å². The minimum absolute atomic E-state index is 0.127. The maximum Gasteiger partial charge on any atom is 0.220 e. The van der Waals surface area contributed by atoms with Crippen molar-refractivity contribution in [1.82, 2.24) is 15.0 Å². The maximum absolute atomic E-state index is 9.16. The molecular formula is C22H21Cl2N5O. The number of unbranched alkanes of at least 4 members (excludes halogenated alkanes) is 1. The summed E-state index contributed by atoms with van der Waals surface area (Å²) in [5.74, 6) is 0.142. The van der Waals surface area contributed by atoms with Gasteiger partial charge in [0.15, 0.2) is 5.00 Å². The lowest BCUT2D eigenvalue weighted by Crippen LogP contribution is -2.19. The summed E-state index contributed by atoms with van der Waals surface area (Å²) < 4.78 is 0.